The smallest absolute Gasteiger partial charge is 0.407 e. The van der Waals surface area contributed by atoms with Gasteiger partial charge >= 0.3 is 6.09 Å². The van der Waals surface area contributed by atoms with Crippen molar-refractivity contribution >= 4 is 6.09 Å². The van der Waals surface area contributed by atoms with Crippen molar-refractivity contribution in [3.8, 4) is 0 Å². The standard InChI is InChI=1S/C13H20N2O3.C3H8/c1-9-5-10(8-16)11(14-6-9)7-15-12(17)18-13(2,3)4;1-3-2/h5-6,16H,7-8H2,1-4H3,(H,15,17);3H2,1-2H3. The van der Waals surface area contributed by atoms with Crippen LogP contribution < -0.4 is 5.32 Å². The number of alkyl carbamates (subject to hydrolysis) is 1. The van der Waals surface area contributed by atoms with Crippen LogP contribution in [-0.2, 0) is 17.9 Å². The fourth-order valence-corrected chi connectivity index (χ4v) is 1.42. The molecule has 0 fully saturated rings. The molecule has 0 aliphatic rings. The summed E-state index contributed by atoms with van der Waals surface area (Å²) in [5.74, 6) is 0. The van der Waals surface area contributed by atoms with Crippen LogP contribution in [0.1, 0.15) is 57.9 Å². The molecule has 1 aromatic heterocycles. The second-order valence-electron chi connectivity index (χ2n) is 5.84. The van der Waals surface area contributed by atoms with Crippen molar-refractivity contribution < 1.29 is 14.6 Å². The zero-order valence-electron chi connectivity index (χ0n) is 14.0. The van der Waals surface area contributed by atoms with Gasteiger partial charge in [0.25, 0.3) is 0 Å². The monoisotopic (exact) mass is 296 g/mol. The Morgan fingerprint density at radius 3 is 2.43 bits per heavy atom. The second kappa shape index (κ2) is 9.34. The molecule has 1 amide bonds. The highest BCUT2D eigenvalue weighted by Gasteiger charge is 2.16. The number of nitrogens with zero attached hydrogens (tertiary/aromatic N) is 1. The third-order valence-corrected chi connectivity index (χ3v) is 2.17. The first-order valence-electron chi connectivity index (χ1n) is 7.25. The summed E-state index contributed by atoms with van der Waals surface area (Å²) in [7, 11) is 0. The van der Waals surface area contributed by atoms with Crippen molar-refractivity contribution in [2.24, 2.45) is 0 Å². The van der Waals surface area contributed by atoms with E-state index in [9.17, 15) is 9.90 Å². The average Bonchev–Trinajstić information content (AvgIpc) is 2.36. The van der Waals surface area contributed by atoms with Crippen LogP contribution in [0.5, 0.6) is 0 Å². The van der Waals surface area contributed by atoms with Crippen LogP contribution in [0.3, 0.4) is 0 Å². The van der Waals surface area contributed by atoms with Gasteiger partial charge in [0.2, 0.25) is 0 Å². The van der Waals surface area contributed by atoms with Crippen molar-refractivity contribution in [3.05, 3.63) is 29.1 Å². The van der Waals surface area contributed by atoms with E-state index >= 15 is 0 Å². The van der Waals surface area contributed by atoms with Crippen molar-refractivity contribution in [3.63, 3.8) is 0 Å². The number of carbonyl (C=O) groups is 1. The number of nitrogens with one attached hydrogen (secondary N) is 1. The molecule has 120 valence electrons. The Labute approximate surface area is 127 Å². The number of hydrogen-bond donors (Lipinski definition) is 2. The van der Waals surface area contributed by atoms with Crippen LogP contribution in [0.25, 0.3) is 0 Å². The first-order chi connectivity index (χ1) is 9.73. The van der Waals surface area contributed by atoms with Crippen LogP contribution >= 0.6 is 0 Å². The zero-order valence-corrected chi connectivity index (χ0v) is 14.0. The maximum absolute atomic E-state index is 11.5. The van der Waals surface area contributed by atoms with E-state index in [-0.39, 0.29) is 13.2 Å². The van der Waals surface area contributed by atoms with Gasteiger partial charge in [0.15, 0.2) is 0 Å². The van der Waals surface area contributed by atoms with Crippen LogP contribution in [0.15, 0.2) is 12.3 Å². The number of aromatic nitrogens is 1. The number of carbonyl (C=O) groups excluding carboxylic acids is 1. The van der Waals surface area contributed by atoms with Crippen molar-refractivity contribution in [2.75, 3.05) is 0 Å². The lowest BCUT2D eigenvalue weighted by Gasteiger charge is -2.19. The van der Waals surface area contributed by atoms with Crippen LogP contribution in [0.4, 0.5) is 4.79 Å². The number of aryl methyl sites for hydroxylation is 1. The predicted molar refractivity (Wildman–Crippen MR) is 83.9 cm³/mol. The Bertz CT molecular complexity index is 440. The molecular weight excluding hydrogens is 268 g/mol. The number of rotatable bonds is 3. The largest absolute Gasteiger partial charge is 0.444 e. The molecule has 0 aliphatic carbocycles. The zero-order chi connectivity index (χ0) is 16.5. The summed E-state index contributed by atoms with van der Waals surface area (Å²) < 4.78 is 5.12. The molecule has 2 N–H and O–H groups in total. The highest BCUT2D eigenvalue weighted by atomic mass is 16.6. The molecule has 0 unspecified atom stereocenters. The van der Waals surface area contributed by atoms with E-state index in [0.717, 1.165) is 5.56 Å². The van der Waals surface area contributed by atoms with E-state index in [4.69, 9.17) is 4.74 Å². The molecular formula is C16H28N2O3. The Hall–Kier alpha value is -1.62. The molecule has 0 aromatic carbocycles. The second-order valence-corrected chi connectivity index (χ2v) is 5.84. The number of amides is 1. The third-order valence-electron chi connectivity index (χ3n) is 2.17. The number of hydrogen-bond acceptors (Lipinski definition) is 4. The van der Waals surface area contributed by atoms with Gasteiger partial charge < -0.3 is 15.2 Å². The van der Waals surface area contributed by atoms with E-state index in [1.54, 1.807) is 27.0 Å². The highest BCUT2D eigenvalue weighted by molar-refractivity contribution is 5.67. The van der Waals surface area contributed by atoms with Crippen LogP contribution in [0, 0.1) is 6.92 Å². The maximum Gasteiger partial charge on any atom is 0.407 e. The third kappa shape index (κ3) is 9.02. The van der Waals surface area contributed by atoms with Gasteiger partial charge in [-0.3, -0.25) is 4.98 Å². The van der Waals surface area contributed by atoms with Gasteiger partial charge in [-0.2, -0.15) is 0 Å². The predicted octanol–water partition coefficient (Wildman–Crippen LogP) is 3.32. The SMILES string of the molecule is CCC.Cc1cnc(CNC(=O)OC(C)(C)C)c(CO)c1. The molecule has 0 radical (unpaired) electrons. The van der Waals surface area contributed by atoms with E-state index in [1.807, 2.05) is 13.0 Å². The molecule has 21 heavy (non-hydrogen) atoms. The fourth-order valence-electron chi connectivity index (χ4n) is 1.42. The van der Waals surface area contributed by atoms with E-state index < -0.39 is 11.7 Å². The van der Waals surface area contributed by atoms with Gasteiger partial charge in [-0.25, -0.2) is 4.79 Å². The summed E-state index contributed by atoms with van der Waals surface area (Å²) >= 11 is 0. The van der Waals surface area contributed by atoms with Crippen LogP contribution in [0.2, 0.25) is 0 Å². The average molecular weight is 296 g/mol. The highest BCUT2D eigenvalue weighted by Crippen LogP contribution is 2.10. The minimum atomic E-state index is -0.523. The number of aliphatic hydroxyl groups is 1. The lowest BCUT2D eigenvalue weighted by atomic mass is 10.1. The quantitative estimate of drug-likeness (QED) is 0.897. The number of ether oxygens (including phenoxy) is 1. The van der Waals surface area contributed by atoms with Crippen molar-refractivity contribution in [1.82, 2.24) is 10.3 Å². The lowest BCUT2D eigenvalue weighted by molar-refractivity contribution is 0.0522. The summed E-state index contributed by atoms with van der Waals surface area (Å²) in [6, 6.07) is 1.85. The number of aliphatic hydroxyl groups excluding tert-OH is 1. The van der Waals surface area contributed by atoms with E-state index in [1.165, 1.54) is 6.42 Å². The molecule has 0 aliphatic heterocycles. The first-order valence-corrected chi connectivity index (χ1v) is 7.25. The van der Waals surface area contributed by atoms with E-state index in [2.05, 4.69) is 24.1 Å². The molecule has 5 heteroatoms. The van der Waals surface area contributed by atoms with Gasteiger partial charge in [-0.1, -0.05) is 26.3 Å². The Morgan fingerprint density at radius 1 is 1.38 bits per heavy atom. The maximum atomic E-state index is 11.5. The van der Waals surface area contributed by atoms with Crippen molar-refractivity contribution in [1.29, 1.82) is 0 Å². The summed E-state index contributed by atoms with van der Waals surface area (Å²) in [6.45, 7) is 11.7. The molecule has 1 heterocycles. The van der Waals surface area contributed by atoms with Gasteiger partial charge in [0.05, 0.1) is 18.8 Å². The molecule has 0 saturated carbocycles. The molecule has 1 rings (SSSR count). The summed E-state index contributed by atoms with van der Waals surface area (Å²) in [5, 5.41) is 11.8. The minimum absolute atomic E-state index is 0.0972. The molecule has 1 aromatic rings. The number of pyridine rings is 1. The van der Waals surface area contributed by atoms with Gasteiger partial charge in [-0.15, -0.1) is 0 Å². The van der Waals surface area contributed by atoms with Gasteiger partial charge in [0, 0.05) is 11.8 Å². The first kappa shape index (κ1) is 19.4. The van der Waals surface area contributed by atoms with E-state index in [0.29, 0.717) is 11.3 Å². The molecule has 5 nitrogen and oxygen atoms in total. The Morgan fingerprint density at radius 2 is 1.95 bits per heavy atom. The molecule has 0 bridgehead atoms. The topological polar surface area (TPSA) is 71.5 Å². The summed E-state index contributed by atoms with van der Waals surface area (Å²) in [4.78, 5) is 15.7. The van der Waals surface area contributed by atoms with Crippen molar-refractivity contribution in [2.45, 2.75) is 66.7 Å². The normalized spacial score (nSPS) is 10.4. The molecule has 0 saturated heterocycles. The summed E-state index contributed by atoms with van der Waals surface area (Å²) in [5.41, 5.74) is 1.81. The molecule has 0 atom stereocenters. The Kier molecular flexibility index (Phi) is 8.62. The lowest BCUT2D eigenvalue weighted by Crippen LogP contribution is -2.32. The fraction of sp³-hybridized carbons (Fsp3) is 0.625. The van der Waals surface area contributed by atoms with Crippen LogP contribution in [-0.4, -0.2) is 21.8 Å². The van der Waals surface area contributed by atoms with Gasteiger partial charge in [-0.05, 0) is 33.3 Å². The Balaban J connectivity index is 0.00000122. The summed E-state index contributed by atoms with van der Waals surface area (Å²) in [6.07, 6.45) is 2.46. The van der Waals surface area contributed by atoms with Gasteiger partial charge in [0.1, 0.15) is 5.60 Å². The minimum Gasteiger partial charge on any atom is -0.444 e. The molecule has 0 spiro atoms.